The van der Waals surface area contributed by atoms with Gasteiger partial charge in [0.25, 0.3) is 0 Å². The number of rotatable bonds is 5. The van der Waals surface area contributed by atoms with Gasteiger partial charge in [-0.3, -0.25) is 0 Å². The summed E-state index contributed by atoms with van der Waals surface area (Å²) in [6.45, 7) is 6.66. The number of benzene rings is 2. The molecule has 3 nitrogen and oxygen atoms in total. The maximum absolute atomic E-state index is 10.5. The third-order valence-electron chi connectivity index (χ3n) is 4.59. The van der Waals surface area contributed by atoms with Crippen molar-refractivity contribution in [2.75, 3.05) is 13.7 Å². The van der Waals surface area contributed by atoms with Crippen molar-refractivity contribution < 1.29 is 14.7 Å². The number of hydrogen-bond donors (Lipinski definition) is 2. The predicted molar refractivity (Wildman–Crippen MR) is 91.9 cm³/mol. The van der Waals surface area contributed by atoms with Gasteiger partial charge in [0.05, 0.1) is 19.2 Å². The van der Waals surface area contributed by atoms with E-state index >= 15 is 0 Å². The largest absolute Gasteiger partial charge is 0.507 e. The molecule has 1 unspecified atom stereocenters. The SMILES string of the molecule is C=CCc1cc(OC)cc(C[NH+]2CCc3ccccc3C2)c1O. The Labute approximate surface area is 137 Å². The van der Waals surface area contributed by atoms with E-state index in [4.69, 9.17) is 4.74 Å². The third-order valence-corrected chi connectivity index (χ3v) is 4.59. The van der Waals surface area contributed by atoms with Crippen molar-refractivity contribution in [1.82, 2.24) is 0 Å². The van der Waals surface area contributed by atoms with Crippen LogP contribution >= 0.6 is 0 Å². The zero-order valence-electron chi connectivity index (χ0n) is 13.6. The van der Waals surface area contributed by atoms with Gasteiger partial charge in [-0.1, -0.05) is 30.3 Å². The van der Waals surface area contributed by atoms with Crippen LogP contribution in [0.5, 0.6) is 11.5 Å². The molecule has 0 bridgehead atoms. The van der Waals surface area contributed by atoms with Crippen molar-refractivity contribution in [1.29, 1.82) is 0 Å². The van der Waals surface area contributed by atoms with Gasteiger partial charge >= 0.3 is 0 Å². The highest BCUT2D eigenvalue weighted by atomic mass is 16.5. The quantitative estimate of drug-likeness (QED) is 0.831. The first kappa shape index (κ1) is 15.6. The maximum Gasteiger partial charge on any atom is 0.128 e. The molecule has 0 radical (unpaired) electrons. The molecule has 3 heteroatoms. The summed E-state index contributed by atoms with van der Waals surface area (Å²) in [6, 6.07) is 12.5. The number of allylic oxidation sites excluding steroid dienone is 1. The van der Waals surface area contributed by atoms with Crippen molar-refractivity contribution >= 4 is 0 Å². The summed E-state index contributed by atoms with van der Waals surface area (Å²) in [5.74, 6) is 1.18. The Kier molecular flexibility index (Phi) is 4.68. The highest BCUT2D eigenvalue weighted by Gasteiger charge is 2.21. The molecule has 2 aromatic carbocycles. The van der Waals surface area contributed by atoms with Gasteiger partial charge in [-0.05, 0) is 24.1 Å². The summed E-state index contributed by atoms with van der Waals surface area (Å²) < 4.78 is 5.39. The lowest BCUT2D eigenvalue weighted by Gasteiger charge is -2.26. The fraction of sp³-hybridized carbons (Fsp3) is 0.300. The fourth-order valence-corrected chi connectivity index (χ4v) is 3.36. The Morgan fingerprint density at radius 1 is 1.22 bits per heavy atom. The Bertz CT molecular complexity index is 709. The first-order valence-electron chi connectivity index (χ1n) is 8.11. The minimum atomic E-state index is 0.386. The average Bonchev–Trinajstić information content (AvgIpc) is 2.58. The van der Waals surface area contributed by atoms with Crippen LogP contribution < -0.4 is 9.64 Å². The molecule has 0 aromatic heterocycles. The molecule has 1 heterocycles. The van der Waals surface area contributed by atoms with Crippen LogP contribution in [0.2, 0.25) is 0 Å². The number of fused-ring (bicyclic) bond motifs is 1. The summed E-state index contributed by atoms with van der Waals surface area (Å²) in [7, 11) is 1.66. The van der Waals surface area contributed by atoms with Crippen LogP contribution in [0.15, 0.2) is 49.1 Å². The highest BCUT2D eigenvalue weighted by Crippen LogP contribution is 2.28. The van der Waals surface area contributed by atoms with Crippen molar-refractivity contribution in [3.8, 4) is 11.5 Å². The zero-order chi connectivity index (χ0) is 16.2. The van der Waals surface area contributed by atoms with Gasteiger partial charge in [0, 0.05) is 17.5 Å². The molecule has 0 saturated heterocycles. The number of aromatic hydroxyl groups is 1. The molecule has 23 heavy (non-hydrogen) atoms. The molecule has 1 atom stereocenters. The molecule has 0 amide bonds. The van der Waals surface area contributed by atoms with E-state index in [1.54, 1.807) is 7.11 Å². The fourth-order valence-electron chi connectivity index (χ4n) is 3.36. The topological polar surface area (TPSA) is 33.9 Å². The second-order valence-electron chi connectivity index (χ2n) is 6.16. The Morgan fingerprint density at radius 3 is 2.70 bits per heavy atom. The Hall–Kier alpha value is -2.26. The lowest BCUT2D eigenvalue weighted by molar-refractivity contribution is -0.929. The molecule has 0 fully saturated rings. The average molecular weight is 310 g/mol. The normalized spacial score (nSPS) is 16.7. The molecule has 1 aliphatic heterocycles. The number of methoxy groups -OCH3 is 1. The van der Waals surface area contributed by atoms with Crippen LogP contribution in [0.1, 0.15) is 22.3 Å². The van der Waals surface area contributed by atoms with Crippen molar-refractivity contribution in [2.45, 2.75) is 25.9 Å². The number of quaternary nitrogens is 1. The van der Waals surface area contributed by atoms with Crippen LogP contribution in [-0.2, 0) is 25.9 Å². The lowest BCUT2D eigenvalue weighted by atomic mass is 9.98. The standard InChI is InChI=1S/C20H23NO2/c1-3-6-16-11-19(23-2)12-18(20(16)22)14-21-10-9-15-7-4-5-8-17(15)13-21/h3-5,7-8,11-12,22H,1,6,9-10,13-14H2,2H3/p+1. The number of hydrogen-bond acceptors (Lipinski definition) is 2. The van der Waals surface area contributed by atoms with Crippen LogP contribution in [0, 0.1) is 0 Å². The molecule has 3 rings (SSSR count). The summed E-state index contributed by atoms with van der Waals surface area (Å²) >= 11 is 0. The molecule has 0 saturated carbocycles. The molecule has 0 aliphatic carbocycles. The minimum absolute atomic E-state index is 0.386. The monoisotopic (exact) mass is 310 g/mol. The van der Waals surface area contributed by atoms with Gasteiger partial charge < -0.3 is 14.7 Å². The van der Waals surface area contributed by atoms with Gasteiger partial charge in [-0.25, -0.2) is 0 Å². The molecule has 120 valence electrons. The summed E-state index contributed by atoms with van der Waals surface area (Å²) in [5.41, 5.74) is 4.71. The summed E-state index contributed by atoms with van der Waals surface area (Å²) in [5, 5.41) is 10.5. The van der Waals surface area contributed by atoms with E-state index in [0.717, 1.165) is 42.9 Å². The van der Waals surface area contributed by atoms with Gasteiger partial charge in [-0.15, -0.1) is 6.58 Å². The molecule has 0 spiro atoms. The first-order valence-corrected chi connectivity index (χ1v) is 8.11. The van der Waals surface area contributed by atoms with Crippen LogP contribution in [0.3, 0.4) is 0 Å². The molecule has 2 aromatic rings. The number of ether oxygens (including phenoxy) is 1. The maximum atomic E-state index is 10.5. The van der Waals surface area contributed by atoms with Gasteiger partial charge in [0.2, 0.25) is 0 Å². The third kappa shape index (κ3) is 3.40. The molecular formula is C20H24NO2+. The van der Waals surface area contributed by atoms with E-state index in [1.807, 2.05) is 18.2 Å². The Morgan fingerprint density at radius 2 is 1.96 bits per heavy atom. The van der Waals surface area contributed by atoms with E-state index in [1.165, 1.54) is 16.0 Å². The summed E-state index contributed by atoms with van der Waals surface area (Å²) in [4.78, 5) is 1.47. The number of nitrogens with one attached hydrogen (secondary N) is 1. The van der Waals surface area contributed by atoms with Crippen LogP contribution in [0.25, 0.3) is 0 Å². The van der Waals surface area contributed by atoms with Crippen molar-refractivity contribution in [2.24, 2.45) is 0 Å². The minimum Gasteiger partial charge on any atom is -0.507 e. The molecule has 2 N–H and O–H groups in total. The first-order chi connectivity index (χ1) is 11.2. The van der Waals surface area contributed by atoms with Gasteiger partial charge in [0.1, 0.15) is 24.6 Å². The summed E-state index contributed by atoms with van der Waals surface area (Å²) in [6.07, 6.45) is 3.55. The highest BCUT2D eigenvalue weighted by molar-refractivity contribution is 5.47. The van der Waals surface area contributed by atoms with Gasteiger partial charge in [-0.2, -0.15) is 0 Å². The zero-order valence-corrected chi connectivity index (χ0v) is 13.6. The predicted octanol–water partition coefficient (Wildman–Crippen LogP) is 2.27. The van der Waals surface area contributed by atoms with Crippen LogP contribution in [0.4, 0.5) is 0 Å². The van der Waals surface area contributed by atoms with Crippen molar-refractivity contribution in [3.63, 3.8) is 0 Å². The van der Waals surface area contributed by atoms with E-state index < -0.39 is 0 Å². The second-order valence-corrected chi connectivity index (χ2v) is 6.16. The second kappa shape index (κ2) is 6.88. The van der Waals surface area contributed by atoms with E-state index in [2.05, 4.69) is 30.8 Å². The lowest BCUT2D eigenvalue weighted by Crippen LogP contribution is -3.10. The van der Waals surface area contributed by atoms with E-state index in [0.29, 0.717) is 12.2 Å². The van der Waals surface area contributed by atoms with Crippen LogP contribution in [-0.4, -0.2) is 18.8 Å². The Balaban J connectivity index is 1.83. The molecule has 1 aliphatic rings. The van der Waals surface area contributed by atoms with Gasteiger partial charge in [0.15, 0.2) is 0 Å². The molecular weight excluding hydrogens is 286 g/mol. The smallest absolute Gasteiger partial charge is 0.128 e. The van der Waals surface area contributed by atoms with E-state index in [9.17, 15) is 5.11 Å². The van der Waals surface area contributed by atoms with Crippen molar-refractivity contribution in [3.05, 3.63) is 71.3 Å². The number of phenolic OH excluding ortho intramolecular Hbond substituents is 1. The van der Waals surface area contributed by atoms with E-state index in [-0.39, 0.29) is 0 Å². The number of phenols is 1.